The van der Waals surface area contributed by atoms with E-state index in [1.807, 2.05) is 18.2 Å². The van der Waals surface area contributed by atoms with Gasteiger partial charge in [0.25, 0.3) is 0 Å². The summed E-state index contributed by atoms with van der Waals surface area (Å²) in [4.78, 5) is 8.11. The maximum atomic E-state index is 5.26. The average Bonchev–Trinajstić information content (AvgIpc) is 2.07. The molecule has 0 aliphatic heterocycles. The number of rotatable bonds is 3. The summed E-state index contributed by atoms with van der Waals surface area (Å²) in [6, 6.07) is 5.71. The Balaban J connectivity index is 2.50. The number of pyridine rings is 1. The van der Waals surface area contributed by atoms with Crippen LogP contribution < -0.4 is 5.73 Å². The Morgan fingerprint density at radius 3 is 3.09 bits per heavy atom. The molecule has 58 valence electrons. The molecule has 0 spiro atoms. The minimum atomic E-state index is 0.587. The Kier molecular flexibility index (Phi) is 3.28. The highest BCUT2D eigenvalue weighted by Gasteiger charge is 1.82. The van der Waals surface area contributed by atoms with Gasteiger partial charge in [0.15, 0.2) is 0 Å². The predicted octanol–water partition coefficient (Wildman–Crippen LogP) is 0.459. The molecule has 0 unspecified atom stereocenters. The van der Waals surface area contributed by atoms with Crippen LogP contribution in [0.2, 0.25) is 0 Å². The smallest absolute Gasteiger partial charge is 0.0807 e. The molecule has 0 aromatic carbocycles. The summed E-state index contributed by atoms with van der Waals surface area (Å²) in [5.74, 6) is 0. The third-order valence-electron chi connectivity index (χ3n) is 1.17. The molecule has 0 atom stereocenters. The van der Waals surface area contributed by atoms with Crippen LogP contribution in [0.25, 0.3) is 0 Å². The molecule has 0 amide bonds. The summed E-state index contributed by atoms with van der Waals surface area (Å²) in [6.45, 7) is 1.25. The van der Waals surface area contributed by atoms with Crippen molar-refractivity contribution >= 4 is 6.21 Å². The highest BCUT2D eigenvalue weighted by atomic mass is 14.8. The quantitative estimate of drug-likeness (QED) is 0.635. The minimum absolute atomic E-state index is 0.587. The van der Waals surface area contributed by atoms with Crippen LogP contribution in [-0.2, 0) is 0 Å². The second-order valence-electron chi connectivity index (χ2n) is 2.08. The van der Waals surface area contributed by atoms with Crippen molar-refractivity contribution in [2.75, 3.05) is 13.1 Å². The van der Waals surface area contributed by atoms with Gasteiger partial charge in [0.2, 0.25) is 0 Å². The van der Waals surface area contributed by atoms with E-state index in [0.717, 1.165) is 5.69 Å². The van der Waals surface area contributed by atoms with Crippen molar-refractivity contribution < 1.29 is 0 Å². The maximum absolute atomic E-state index is 5.26. The lowest BCUT2D eigenvalue weighted by molar-refractivity contribution is 0.979. The van der Waals surface area contributed by atoms with Gasteiger partial charge in [-0.05, 0) is 12.1 Å². The molecule has 0 saturated heterocycles. The maximum Gasteiger partial charge on any atom is 0.0807 e. The standard InChI is InChI=1S/C8H11N3/c9-4-6-10-7-8-3-1-2-5-11-8/h1-3,5,7H,4,6,9H2/b10-7+. The number of nitrogens with two attached hydrogens (primary N) is 1. The van der Waals surface area contributed by atoms with Gasteiger partial charge in [-0.3, -0.25) is 9.98 Å². The van der Waals surface area contributed by atoms with E-state index in [1.165, 1.54) is 0 Å². The lowest BCUT2D eigenvalue weighted by Crippen LogP contribution is -2.02. The van der Waals surface area contributed by atoms with E-state index in [9.17, 15) is 0 Å². The van der Waals surface area contributed by atoms with Crippen LogP contribution in [0.3, 0.4) is 0 Å². The molecule has 0 saturated carbocycles. The Morgan fingerprint density at radius 2 is 2.45 bits per heavy atom. The Morgan fingerprint density at radius 1 is 1.55 bits per heavy atom. The molecular formula is C8H11N3. The molecule has 2 N–H and O–H groups in total. The Labute approximate surface area is 66.0 Å². The van der Waals surface area contributed by atoms with Crippen LogP contribution in [-0.4, -0.2) is 24.3 Å². The summed E-state index contributed by atoms with van der Waals surface area (Å²) in [7, 11) is 0. The zero-order chi connectivity index (χ0) is 7.94. The van der Waals surface area contributed by atoms with E-state index in [1.54, 1.807) is 12.4 Å². The molecule has 0 fully saturated rings. The predicted molar refractivity (Wildman–Crippen MR) is 45.8 cm³/mol. The summed E-state index contributed by atoms with van der Waals surface area (Å²) in [5, 5.41) is 0. The average molecular weight is 149 g/mol. The van der Waals surface area contributed by atoms with E-state index < -0.39 is 0 Å². The van der Waals surface area contributed by atoms with Crippen molar-refractivity contribution in [2.45, 2.75) is 0 Å². The Hall–Kier alpha value is -1.22. The van der Waals surface area contributed by atoms with Gasteiger partial charge in [-0.25, -0.2) is 0 Å². The third kappa shape index (κ3) is 2.91. The summed E-state index contributed by atoms with van der Waals surface area (Å²) >= 11 is 0. The van der Waals surface area contributed by atoms with Gasteiger partial charge in [0.1, 0.15) is 0 Å². The number of hydrogen-bond donors (Lipinski definition) is 1. The molecule has 3 heteroatoms. The largest absolute Gasteiger partial charge is 0.329 e. The van der Waals surface area contributed by atoms with Crippen molar-refractivity contribution in [1.29, 1.82) is 0 Å². The topological polar surface area (TPSA) is 51.3 Å². The zero-order valence-corrected chi connectivity index (χ0v) is 6.27. The summed E-state index contributed by atoms with van der Waals surface area (Å²) in [6.07, 6.45) is 3.47. The molecule has 1 rings (SSSR count). The summed E-state index contributed by atoms with van der Waals surface area (Å²) < 4.78 is 0. The van der Waals surface area contributed by atoms with Gasteiger partial charge in [-0.15, -0.1) is 0 Å². The minimum Gasteiger partial charge on any atom is -0.329 e. The van der Waals surface area contributed by atoms with E-state index in [4.69, 9.17) is 5.73 Å². The number of aromatic nitrogens is 1. The molecule has 0 aliphatic rings. The molecule has 0 aliphatic carbocycles. The number of aliphatic imine (C=N–C) groups is 1. The van der Waals surface area contributed by atoms with Crippen molar-refractivity contribution in [3.8, 4) is 0 Å². The first kappa shape index (κ1) is 7.88. The summed E-state index contributed by atoms with van der Waals surface area (Å²) in [5.41, 5.74) is 6.13. The van der Waals surface area contributed by atoms with Crippen molar-refractivity contribution in [2.24, 2.45) is 10.7 Å². The van der Waals surface area contributed by atoms with Crippen molar-refractivity contribution in [1.82, 2.24) is 4.98 Å². The lowest BCUT2D eigenvalue weighted by Gasteiger charge is -1.88. The van der Waals surface area contributed by atoms with Crippen LogP contribution in [0.1, 0.15) is 5.69 Å². The fraction of sp³-hybridized carbons (Fsp3) is 0.250. The first-order chi connectivity index (χ1) is 5.43. The van der Waals surface area contributed by atoms with Gasteiger partial charge in [-0.2, -0.15) is 0 Å². The normalized spacial score (nSPS) is 10.6. The van der Waals surface area contributed by atoms with E-state index in [-0.39, 0.29) is 0 Å². The monoisotopic (exact) mass is 149 g/mol. The SMILES string of the molecule is NCC/N=C/c1ccccn1. The van der Waals surface area contributed by atoms with Gasteiger partial charge in [-0.1, -0.05) is 6.07 Å². The Bertz CT molecular complexity index is 218. The van der Waals surface area contributed by atoms with Gasteiger partial charge >= 0.3 is 0 Å². The highest BCUT2D eigenvalue weighted by Crippen LogP contribution is 1.87. The van der Waals surface area contributed by atoms with Crippen LogP contribution in [0.15, 0.2) is 29.4 Å². The van der Waals surface area contributed by atoms with Crippen molar-refractivity contribution in [3.05, 3.63) is 30.1 Å². The van der Waals surface area contributed by atoms with Gasteiger partial charge in [0.05, 0.1) is 12.2 Å². The molecule has 0 bridgehead atoms. The fourth-order valence-corrected chi connectivity index (χ4v) is 0.685. The molecule has 1 heterocycles. The van der Waals surface area contributed by atoms with Crippen molar-refractivity contribution in [3.63, 3.8) is 0 Å². The molecular weight excluding hydrogens is 138 g/mol. The van der Waals surface area contributed by atoms with Crippen LogP contribution in [0.5, 0.6) is 0 Å². The third-order valence-corrected chi connectivity index (χ3v) is 1.17. The lowest BCUT2D eigenvalue weighted by atomic mass is 10.4. The highest BCUT2D eigenvalue weighted by molar-refractivity contribution is 5.76. The first-order valence-electron chi connectivity index (χ1n) is 3.54. The van der Waals surface area contributed by atoms with Gasteiger partial charge < -0.3 is 5.73 Å². The number of nitrogens with zero attached hydrogens (tertiary/aromatic N) is 2. The molecule has 3 nitrogen and oxygen atoms in total. The molecule has 11 heavy (non-hydrogen) atoms. The number of hydrogen-bond acceptors (Lipinski definition) is 3. The molecule has 0 radical (unpaired) electrons. The second kappa shape index (κ2) is 4.57. The molecule has 1 aromatic rings. The van der Waals surface area contributed by atoms with Crippen LogP contribution in [0, 0.1) is 0 Å². The fourth-order valence-electron chi connectivity index (χ4n) is 0.685. The van der Waals surface area contributed by atoms with E-state index >= 15 is 0 Å². The zero-order valence-electron chi connectivity index (χ0n) is 6.27. The first-order valence-corrected chi connectivity index (χ1v) is 3.54. The van der Waals surface area contributed by atoms with E-state index in [2.05, 4.69) is 9.98 Å². The van der Waals surface area contributed by atoms with Gasteiger partial charge in [0, 0.05) is 19.0 Å². The molecule has 1 aromatic heterocycles. The van der Waals surface area contributed by atoms with Crippen LogP contribution >= 0.6 is 0 Å². The van der Waals surface area contributed by atoms with Crippen LogP contribution in [0.4, 0.5) is 0 Å². The second-order valence-corrected chi connectivity index (χ2v) is 2.08. The van der Waals surface area contributed by atoms with E-state index in [0.29, 0.717) is 13.1 Å².